The third kappa shape index (κ3) is 4.75. The highest BCUT2D eigenvalue weighted by Crippen LogP contribution is 2.50. The summed E-state index contributed by atoms with van der Waals surface area (Å²) in [6.45, 7) is 4.42. The Morgan fingerprint density at radius 1 is 1.04 bits per heavy atom. The van der Waals surface area contributed by atoms with Crippen LogP contribution in [-0.4, -0.2) is 31.4 Å². The summed E-state index contributed by atoms with van der Waals surface area (Å²) >= 11 is 0. The summed E-state index contributed by atoms with van der Waals surface area (Å²) in [5, 5.41) is 0. The molecule has 3 aliphatic rings. The predicted octanol–water partition coefficient (Wildman–Crippen LogP) is 3.70. The average Bonchev–Trinajstić information content (AvgIpc) is 3.19. The maximum absolute atomic E-state index is 12.4. The van der Waals surface area contributed by atoms with Gasteiger partial charge in [0.2, 0.25) is 0 Å². The maximum atomic E-state index is 12.4. The molecule has 0 N–H and O–H groups in total. The molecule has 142 valence electrons. The molecule has 0 saturated heterocycles. The van der Waals surface area contributed by atoms with E-state index in [1.807, 2.05) is 13.8 Å². The van der Waals surface area contributed by atoms with Crippen molar-refractivity contribution >= 4 is 11.9 Å². The summed E-state index contributed by atoms with van der Waals surface area (Å²) < 4.78 is 16.6. The molecule has 4 atom stereocenters. The average molecular weight is 352 g/mol. The number of hydrogen-bond acceptors (Lipinski definition) is 5. The highest BCUT2D eigenvalue weighted by molar-refractivity contribution is 5.74. The van der Waals surface area contributed by atoms with Crippen molar-refractivity contribution in [3.63, 3.8) is 0 Å². The van der Waals surface area contributed by atoms with Crippen molar-refractivity contribution in [2.45, 2.75) is 71.3 Å². The number of hydrogen-bond donors (Lipinski definition) is 0. The minimum absolute atomic E-state index is 0.0552. The van der Waals surface area contributed by atoms with Gasteiger partial charge in [-0.1, -0.05) is 33.1 Å². The summed E-state index contributed by atoms with van der Waals surface area (Å²) in [6, 6.07) is 0. The lowest BCUT2D eigenvalue weighted by atomic mass is 9.86. The molecular weight excluding hydrogens is 320 g/mol. The van der Waals surface area contributed by atoms with E-state index >= 15 is 0 Å². The summed E-state index contributed by atoms with van der Waals surface area (Å²) in [5.41, 5.74) is 0. The van der Waals surface area contributed by atoms with Gasteiger partial charge in [0.15, 0.2) is 6.79 Å². The SMILES string of the molecule is CC(C)C(=O)OC1CC2CC(C(=O)OCOCC3CCCCC3)C1C2. The van der Waals surface area contributed by atoms with Gasteiger partial charge in [0.1, 0.15) is 6.10 Å². The predicted molar refractivity (Wildman–Crippen MR) is 92.5 cm³/mol. The molecule has 5 heteroatoms. The van der Waals surface area contributed by atoms with Gasteiger partial charge in [0, 0.05) is 5.92 Å². The first-order valence-corrected chi connectivity index (χ1v) is 9.99. The standard InChI is InChI=1S/C20H32O5/c1-13(2)19(21)25-18-10-15-8-16(18)17(9-15)20(22)24-12-23-11-14-6-4-3-5-7-14/h13-18H,3-12H2,1-2H3. The Balaban J connectivity index is 1.39. The molecule has 0 aliphatic heterocycles. The first kappa shape index (κ1) is 18.7. The Morgan fingerprint density at radius 3 is 2.48 bits per heavy atom. The lowest BCUT2D eigenvalue weighted by Crippen LogP contribution is -2.35. The monoisotopic (exact) mass is 352 g/mol. The fourth-order valence-electron chi connectivity index (χ4n) is 4.75. The van der Waals surface area contributed by atoms with Crippen molar-refractivity contribution in [2.24, 2.45) is 29.6 Å². The molecular formula is C20H32O5. The molecule has 0 spiro atoms. The van der Waals surface area contributed by atoms with Crippen molar-refractivity contribution in [3.05, 3.63) is 0 Å². The maximum Gasteiger partial charge on any atom is 0.311 e. The van der Waals surface area contributed by atoms with Gasteiger partial charge in [-0.2, -0.15) is 0 Å². The van der Waals surface area contributed by atoms with E-state index in [1.165, 1.54) is 32.1 Å². The van der Waals surface area contributed by atoms with Crippen molar-refractivity contribution in [2.75, 3.05) is 13.4 Å². The van der Waals surface area contributed by atoms with Gasteiger partial charge in [-0.3, -0.25) is 9.59 Å². The number of esters is 2. The first-order chi connectivity index (χ1) is 12.0. The van der Waals surface area contributed by atoms with E-state index in [9.17, 15) is 9.59 Å². The molecule has 0 aromatic rings. The van der Waals surface area contributed by atoms with Crippen LogP contribution in [0.25, 0.3) is 0 Å². The van der Waals surface area contributed by atoms with E-state index in [0.29, 0.717) is 18.4 Å². The van der Waals surface area contributed by atoms with Gasteiger partial charge < -0.3 is 14.2 Å². The van der Waals surface area contributed by atoms with Crippen LogP contribution in [0.2, 0.25) is 0 Å². The molecule has 3 aliphatic carbocycles. The zero-order chi connectivity index (χ0) is 17.8. The normalized spacial score (nSPS) is 32.1. The second kappa shape index (κ2) is 8.52. The molecule has 0 radical (unpaired) electrons. The van der Waals surface area contributed by atoms with Gasteiger partial charge in [0.25, 0.3) is 0 Å². The third-order valence-corrected chi connectivity index (χ3v) is 6.16. The number of carbonyl (C=O) groups is 2. The van der Waals surface area contributed by atoms with E-state index in [1.54, 1.807) is 0 Å². The van der Waals surface area contributed by atoms with Crippen LogP contribution < -0.4 is 0 Å². The lowest BCUT2D eigenvalue weighted by Gasteiger charge is -2.28. The molecule has 5 nitrogen and oxygen atoms in total. The van der Waals surface area contributed by atoms with Crippen molar-refractivity contribution in [3.8, 4) is 0 Å². The van der Waals surface area contributed by atoms with Crippen LogP contribution in [0.1, 0.15) is 65.2 Å². The Morgan fingerprint density at radius 2 is 1.80 bits per heavy atom. The van der Waals surface area contributed by atoms with Crippen LogP contribution in [0.5, 0.6) is 0 Å². The summed E-state index contributed by atoms with van der Waals surface area (Å²) in [4.78, 5) is 24.3. The van der Waals surface area contributed by atoms with E-state index in [-0.39, 0.29) is 42.6 Å². The molecule has 0 heterocycles. The van der Waals surface area contributed by atoms with Crippen molar-refractivity contribution < 1.29 is 23.8 Å². The van der Waals surface area contributed by atoms with Crippen LogP contribution in [0.3, 0.4) is 0 Å². The van der Waals surface area contributed by atoms with Crippen molar-refractivity contribution in [1.82, 2.24) is 0 Å². The van der Waals surface area contributed by atoms with Gasteiger partial charge >= 0.3 is 11.9 Å². The van der Waals surface area contributed by atoms with E-state index in [4.69, 9.17) is 14.2 Å². The van der Waals surface area contributed by atoms with Gasteiger partial charge in [-0.25, -0.2) is 0 Å². The zero-order valence-corrected chi connectivity index (χ0v) is 15.6. The molecule has 3 fully saturated rings. The van der Waals surface area contributed by atoms with Gasteiger partial charge in [0.05, 0.1) is 18.4 Å². The van der Waals surface area contributed by atoms with Gasteiger partial charge in [-0.05, 0) is 43.9 Å². The summed E-state index contributed by atoms with van der Waals surface area (Å²) in [5.74, 6) is 0.616. The largest absolute Gasteiger partial charge is 0.462 e. The highest BCUT2D eigenvalue weighted by Gasteiger charge is 2.51. The molecule has 3 rings (SSSR count). The second-order valence-electron chi connectivity index (χ2n) is 8.43. The molecule has 0 aromatic heterocycles. The Labute approximate surface area is 150 Å². The minimum Gasteiger partial charge on any atom is -0.462 e. The van der Waals surface area contributed by atoms with E-state index < -0.39 is 0 Å². The van der Waals surface area contributed by atoms with E-state index in [0.717, 1.165) is 19.3 Å². The zero-order valence-electron chi connectivity index (χ0n) is 15.6. The molecule has 0 aromatic carbocycles. The summed E-state index contributed by atoms with van der Waals surface area (Å²) in [6.07, 6.45) is 8.97. The topological polar surface area (TPSA) is 61.8 Å². The molecule has 2 bridgehead atoms. The lowest BCUT2D eigenvalue weighted by molar-refractivity contribution is -0.170. The van der Waals surface area contributed by atoms with Crippen LogP contribution >= 0.6 is 0 Å². The Bertz CT molecular complexity index is 469. The smallest absolute Gasteiger partial charge is 0.311 e. The van der Waals surface area contributed by atoms with Crippen molar-refractivity contribution in [1.29, 1.82) is 0 Å². The molecule has 3 saturated carbocycles. The Hall–Kier alpha value is -1.10. The Kier molecular flexibility index (Phi) is 6.37. The molecule has 25 heavy (non-hydrogen) atoms. The molecule has 0 amide bonds. The van der Waals surface area contributed by atoms with Crippen LogP contribution in [-0.2, 0) is 23.8 Å². The van der Waals surface area contributed by atoms with Crippen LogP contribution in [0.4, 0.5) is 0 Å². The van der Waals surface area contributed by atoms with Gasteiger partial charge in [-0.15, -0.1) is 0 Å². The quantitative estimate of drug-likeness (QED) is 0.397. The molecule has 4 unspecified atom stereocenters. The fourth-order valence-corrected chi connectivity index (χ4v) is 4.75. The number of fused-ring (bicyclic) bond motifs is 2. The summed E-state index contributed by atoms with van der Waals surface area (Å²) in [7, 11) is 0. The van der Waals surface area contributed by atoms with Crippen LogP contribution in [0.15, 0.2) is 0 Å². The van der Waals surface area contributed by atoms with E-state index in [2.05, 4.69) is 0 Å². The number of ether oxygens (including phenoxy) is 3. The number of rotatable bonds is 7. The highest BCUT2D eigenvalue weighted by atomic mass is 16.7. The number of carbonyl (C=O) groups excluding carboxylic acids is 2. The van der Waals surface area contributed by atoms with Crippen LogP contribution in [0, 0.1) is 29.6 Å². The minimum atomic E-state index is -0.179. The first-order valence-electron chi connectivity index (χ1n) is 9.99. The second-order valence-corrected chi connectivity index (χ2v) is 8.43. The fraction of sp³-hybridized carbons (Fsp3) is 0.900. The third-order valence-electron chi connectivity index (χ3n) is 6.16.